The summed E-state index contributed by atoms with van der Waals surface area (Å²) in [5.74, 6) is -0.155. The number of aromatic amines is 1. The van der Waals surface area contributed by atoms with E-state index < -0.39 is 0 Å². The van der Waals surface area contributed by atoms with E-state index in [2.05, 4.69) is 24.1 Å². The zero-order valence-corrected chi connectivity index (χ0v) is 10.4. The second-order valence-corrected chi connectivity index (χ2v) is 5.61. The van der Waals surface area contributed by atoms with Crippen molar-refractivity contribution in [3.63, 3.8) is 0 Å². The molecule has 0 amide bonds. The molecule has 0 bridgehead atoms. The maximum Gasteiger partial charge on any atom is 0.147 e. The molecule has 1 aromatic carbocycles. The molecule has 2 nitrogen and oxygen atoms in total. The molecular weight excluding hydrogens is 215 g/mol. The van der Waals surface area contributed by atoms with E-state index >= 15 is 0 Å². The Hall–Kier alpha value is -1.35. The molecule has 0 radical (unpaired) electrons. The van der Waals surface area contributed by atoms with Crippen LogP contribution in [0, 0.1) is 12.7 Å². The van der Waals surface area contributed by atoms with E-state index in [1.54, 1.807) is 0 Å². The molecule has 0 spiro atoms. The summed E-state index contributed by atoms with van der Waals surface area (Å²) in [5.41, 5.74) is 4.29. The molecule has 1 aliphatic rings. The van der Waals surface area contributed by atoms with Crippen LogP contribution in [0.4, 0.5) is 4.39 Å². The van der Waals surface area contributed by atoms with Crippen molar-refractivity contribution >= 4 is 10.9 Å². The van der Waals surface area contributed by atoms with Gasteiger partial charge in [-0.25, -0.2) is 4.39 Å². The highest BCUT2D eigenvalue weighted by atomic mass is 19.1. The fourth-order valence-electron chi connectivity index (χ4n) is 2.75. The molecule has 2 aromatic rings. The Labute approximate surface area is 100 Å². The van der Waals surface area contributed by atoms with Gasteiger partial charge in [0, 0.05) is 29.6 Å². The number of hydrogen-bond donors (Lipinski definition) is 2. The number of nitrogens with one attached hydrogen (secondary N) is 2. The summed E-state index contributed by atoms with van der Waals surface area (Å²) >= 11 is 0. The van der Waals surface area contributed by atoms with E-state index in [0.29, 0.717) is 5.52 Å². The molecule has 90 valence electrons. The fourth-order valence-corrected chi connectivity index (χ4v) is 2.75. The lowest BCUT2D eigenvalue weighted by Crippen LogP contribution is -2.44. The molecule has 0 saturated carbocycles. The standard InChI is InChI=1S/C14H17FN2/c1-8-4-5-10(15)13-12(8)9-7-16-14(2,3)6-11(9)17-13/h4-5,16-17H,6-7H2,1-3H3. The lowest BCUT2D eigenvalue weighted by molar-refractivity contribution is 0.360. The molecule has 0 unspecified atom stereocenters. The Kier molecular flexibility index (Phi) is 2.11. The first-order valence-corrected chi connectivity index (χ1v) is 6.01. The van der Waals surface area contributed by atoms with E-state index in [-0.39, 0.29) is 11.4 Å². The largest absolute Gasteiger partial charge is 0.356 e. The highest BCUT2D eigenvalue weighted by Gasteiger charge is 2.28. The number of benzene rings is 1. The van der Waals surface area contributed by atoms with Gasteiger partial charge in [-0.15, -0.1) is 0 Å². The summed E-state index contributed by atoms with van der Waals surface area (Å²) in [6, 6.07) is 3.39. The third kappa shape index (κ3) is 1.57. The minimum Gasteiger partial charge on any atom is -0.356 e. The first-order valence-electron chi connectivity index (χ1n) is 6.01. The van der Waals surface area contributed by atoms with Crippen LogP contribution in [-0.2, 0) is 13.0 Å². The third-order valence-electron chi connectivity index (χ3n) is 3.67. The predicted molar refractivity (Wildman–Crippen MR) is 67.6 cm³/mol. The third-order valence-corrected chi connectivity index (χ3v) is 3.67. The summed E-state index contributed by atoms with van der Waals surface area (Å²) in [7, 11) is 0. The van der Waals surface area contributed by atoms with Crippen molar-refractivity contribution in [2.45, 2.75) is 39.3 Å². The Balaban J connectivity index is 2.29. The molecule has 17 heavy (non-hydrogen) atoms. The Morgan fingerprint density at radius 1 is 1.29 bits per heavy atom. The minimum absolute atomic E-state index is 0.0816. The second-order valence-electron chi connectivity index (χ2n) is 5.61. The van der Waals surface area contributed by atoms with Crippen LogP contribution >= 0.6 is 0 Å². The lowest BCUT2D eigenvalue weighted by Gasteiger charge is -2.31. The molecule has 3 heteroatoms. The number of halogens is 1. The quantitative estimate of drug-likeness (QED) is 0.718. The van der Waals surface area contributed by atoms with Gasteiger partial charge in [-0.05, 0) is 38.0 Å². The molecule has 2 heterocycles. The first kappa shape index (κ1) is 10.8. The first-order chi connectivity index (χ1) is 7.98. The van der Waals surface area contributed by atoms with Crippen molar-refractivity contribution in [1.29, 1.82) is 0 Å². The van der Waals surface area contributed by atoms with Gasteiger partial charge in [-0.3, -0.25) is 0 Å². The normalized spacial score (nSPS) is 18.4. The molecule has 0 fully saturated rings. The van der Waals surface area contributed by atoms with Crippen LogP contribution in [0.2, 0.25) is 0 Å². The van der Waals surface area contributed by atoms with Crippen LogP contribution in [-0.4, -0.2) is 10.5 Å². The maximum atomic E-state index is 13.8. The van der Waals surface area contributed by atoms with Crippen molar-refractivity contribution in [3.8, 4) is 0 Å². The van der Waals surface area contributed by atoms with Gasteiger partial charge in [0.2, 0.25) is 0 Å². The number of hydrogen-bond acceptors (Lipinski definition) is 1. The smallest absolute Gasteiger partial charge is 0.147 e. The average Bonchev–Trinajstić information content (AvgIpc) is 2.61. The fraction of sp³-hybridized carbons (Fsp3) is 0.429. The van der Waals surface area contributed by atoms with Crippen molar-refractivity contribution in [2.24, 2.45) is 0 Å². The molecular formula is C14H17FN2. The van der Waals surface area contributed by atoms with E-state index in [1.165, 1.54) is 17.3 Å². The predicted octanol–water partition coefficient (Wildman–Crippen LogP) is 3.04. The molecule has 2 N–H and O–H groups in total. The SMILES string of the molecule is Cc1ccc(F)c2[nH]c3c(c12)CNC(C)(C)C3. The van der Waals surface area contributed by atoms with E-state index in [4.69, 9.17) is 0 Å². The molecule has 0 atom stereocenters. The van der Waals surface area contributed by atoms with Crippen molar-refractivity contribution in [1.82, 2.24) is 10.3 Å². The number of fused-ring (bicyclic) bond motifs is 3. The maximum absolute atomic E-state index is 13.8. The van der Waals surface area contributed by atoms with E-state index in [9.17, 15) is 4.39 Å². The Morgan fingerprint density at radius 3 is 2.82 bits per heavy atom. The molecule has 1 aliphatic heterocycles. The van der Waals surface area contributed by atoms with Gasteiger partial charge >= 0.3 is 0 Å². The molecule has 3 rings (SSSR count). The van der Waals surface area contributed by atoms with Crippen LogP contribution in [0.1, 0.15) is 30.7 Å². The summed E-state index contributed by atoms with van der Waals surface area (Å²) in [6.07, 6.45) is 0.913. The zero-order chi connectivity index (χ0) is 12.2. The van der Waals surface area contributed by atoms with Crippen molar-refractivity contribution in [2.75, 3.05) is 0 Å². The van der Waals surface area contributed by atoms with Crippen LogP contribution in [0.3, 0.4) is 0 Å². The average molecular weight is 232 g/mol. The number of aromatic nitrogens is 1. The van der Waals surface area contributed by atoms with Crippen molar-refractivity contribution < 1.29 is 4.39 Å². The van der Waals surface area contributed by atoms with E-state index in [1.807, 2.05) is 13.0 Å². The lowest BCUT2D eigenvalue weighted by atomic mass is 9.91. The van der Waals surface area contributed by atoms with Gasteiger partial charge in [0.1, 0.15) is 5.82 Å². The highest BCUT2D eigenvalue weighted by Crippen LogP contribution is 2.32. The Bertz CT molecular complexity index is 596. The van der Waals surface area contributed by atoms with Gasteiger partial charge in [-0.1, -0.05) is 6.07 Å². The molecule has 1 aromatic heterocycles. The van der Waals surface area contributed by atoms with Gasteiger partial charge in [0.05, 0.1) is 5.52 Å². The summed E-state index contributed by atoms with van der Waals surface area (Å²) < 4.78 is 13.8. The highest BCUT2D eigenvalue weighted by molar-refractivity contribution is 5.88. The number of rotatable bonds is 0. The van der Waals surface area contributed by atoms with Gasteiger partial charge in [-0.2, -0.15) is 0 Å². The molecule has 0 aliphatic carbocycles. The van der Waals surface area contributed by atoms with Crippen molar-refractivity contribution in [3.05, 3.63) is 34.8 Å². The summed E-state index contributed by atoms with van der Waals surface area (Å²) in [6.45, 7) is 7.19. The summed E-state index contributed by atoms with van der Waals surface area (Å²) in [4.78, 5) is 3.27. The monoisotopic (exact) mass is 232 g/mol. The van der Waals surface area contributed by atoms with Gasteiger partial charge in [0.15, 0.2) is 0 Å². The summed E-state index contributed by atoms with van der Waals surface area (Å²) in [5, 5.41) is 4.56. The van der Waals surface area contributed by atoms with Crippen LogP contribution in [0.5, 0.6) is 0 Å². The number of H-pyrrole nitrogens is 1. The van der Waals surface area contributed by atoms with Gasteiger partial charge in [0.25, 0.3) is 0 Å². The van der Waals surface area contributed by atoms with E-state index in [0.717, 1.165) is 23.9 Å². The zero-order valence-electron chi connectivity index (χ0n) is 10.4. The number of aryl methyl sites for hydroxylation is 1. The topological polar surface area (TPSA) is 27.8 Å². The van der Waals surface area contributed by atoms with Crippen LogP contribution in [0.15, 0.2) is 12.1 Å². The second kappa shape index (κ2) is 3.33. The van der Waals surface area contributed by atoms with Gasteiger partial charge < -0.3 is 10.3 Å². The Morgan fingerprint density at radius 2 is 2.06 bits per heavy atom. The van der Waals surface area contributed by atoms with Crippen LogP contribution in [0.25, 0.3) is 10.9 Å². The minimum atomic E-state index is -0.155. The van der Waals surface area contributed by atoms with Crippen LogP contribution < -0.4 is 5.32 Å². The molecule has 0 saturated heterocycles.